The zero-order valence-electron chi connectivity index (χ0n) is 11.8. The van der Waals surface area contributed by atoms with Crippen molar-refractivity contribution in [1.82, 2.24) is 9.62 Å². The van der Waals surface area contributed by atoms with Gasteiger partial charge in [-0.15, -0.1) is 0 Å². The Hall–Kier alpha value is -0.910. The summed E-state index contributed by atoms with van der Waals surface area (Å²) in [5.41, 5.74) is 3.48. The molecule has 1 N–H and O–H groups in total. The van der Waals surface area contributed by atoms with Crippen LogP contribution >= 0.6 is 0 Å². The van der Waals surface area contributed by atoms with Crippen molar-refractivity contribution in [2.75, 3.05) is 21.1 Å². The Morgan fingerprint density at radius 3 is 2.74 bits per heavy atom. The van der Waals surface area contributed by atoms with Gasteiger partial charge in [0.2, 0.25) is 10.0 Å². The predicted molar refractivity (Wildman–Crippen MR) is 77.6 cm³/mol. The minimum absolute atomic E-state index is 0.0762. The molecular formula is C14H22N2O2S. The number of sulfonamides is 1. The third kappa shape index (κ3) is 3.35. The molecule has 0 spiro atoms. The van der Waals surface area contributed by atoms with Crippen LogP contribution in [0.5, 0.6) is 0 Å². The van der Waals surface area contributed by atoms with Gasteiger partial charge >= 0.3 is 0 Å². The van der Waals surface area contributed by atoms with Crippen molar-refractivity contribution in [3.63, 3.8) is 0 Å². The first-order chi connectivity index (χ1) is 8.93. The summed E-state index contributed by atoms with van der Waals surface area (Å²) in [5, 5.41) is 0. The number of rotatable bonds is 4. The van der Waals surface area contributed by atoms with Gasteiger partial charge in [0.05, 0.1) is 5.75 Å². The number of hydrogen-bond donors (Lipinski definition) is 1. The summed E-state index contributed by atoms with van der Waals surface area (Å²) in [6, 6.07) is 6.53. The molecule has 0 saturated carbocycles. The number of nitrogens with zero attached hydrogens (tertiary/aromatic N) is 1. The Kier molecular flexibility index (Phi) is 4.28. The number of fused-ring (bicyclic) bond motifs is 1. The average Bonchev–Trinajstić information content (AvgIpc) is 2.38. The quantitative estimate of drug-likeness (QED) is 0.901. The topological polar surface area (TPSA) is 49.4 Å². The van der Waals surface area contributed by atoms with Crippen molar-refractivity contribution in [3.8, 4) is 0 Å². The van der Waals surface area contributed by atoms with E-state index < -0.39 is 10.0 Å². The Morgan fingerprint density at radius 1 is 1.37 bits per heavy atom. The summed E-state index contributed by atoms with van der Waals surface area (Å²) >= 11 is 0. The predicted octanol–water partition coefficient (Wildman–Crippen LogP) is 1.15. The van der Waals surface area contributed by atoms with E-state index in [0.29, 0.717) is 6.04 Å². The number of likely N-dealkylation sites (N-methyl/N-ethyl adjacent to an activating group) is 1. The van der Waals surface area contributed by atoms with Gasteiger partial charge in [-0.3, -0.25) is 0 Å². The molecule has 0 radical (unpaired) electrons. The standard InChI is InChI=1S/C14H22N2O2S/c1-15-19(17,18)10-12-6-4-5-11-7-8-13(16(2)3)9-14(11)12/h4-6,13,15H,7-10H2,1-3H3. The molecule has 1 aliphatic rings. The van der Waals surface area contributed by atoms with E-state index in [1.54, 1.807) is 0 Å². The fraction of sp³-hybridized carbons (Fsp3) is 0.571. The van der Waals surface area contributed by atoms with Gasteiger partial charge in [-0.1, -0.05) is 18.2 Å². The van der Waals surface area contributed by atoms with Gasteiger partial charge in [-0.05, 0) is 57.1 Å². The SMILES string of the molecule is CNS(=O)(=O)Cc1cccc2c1CC(N(C)C)CC2. The van der Waals surface area contributed by atoms with Gasteiger partial charge in [-0.2, -0.15) is 0 Å². The van der Waals surface area contributed by atoms with Crippen LogP contribution < -0.4 is 4.72 Å². The second-order valence-electron chi connectivity index (χ2n) is 5.38. The van der Waals surface area contributed by atoms with Crippen LogP contribution in [0.15, 0.2) is 18.2 Å². The minimum atomic E-state index is -3.21. The fourth-order valence-electron chi connectivity index (χ4n) is 2.70. The molecule has 2 rings (SSSR count). The summed E-state index contributed by atoms with van der Waals surface area (Å²) in [5.74, 6) is 0.0762. The van der Waals surface area contributed by atoms with Crippen molar-refractivity contribution in [2.45, 2.75) is 31.1 Å². The van der Waals surface area contributed by atoms with E-state index >= 15 is 0 Å². The molecule has 1 aliphatic carbocycles. The monoisotopic (exact) mass is 282 g/mol. The van der Waals surface area contributed by atoms with Gasteiger partial charge in [0.1, 0.15) is 0 Å². The van der Waals surface area contributed by atoms with E-state index in [1.165, 1.54) is 18.2 Å². The zero-order valence-corrected chi connectivity index (χ0v) is 12.6. The lowest BCUT2D eigenvalue weighted by Crippen LogP contribution is -2.34. The fourth-order valence-corrected chi connectivity index (χ4v) is 3.52. The van der Waals surface area contributed by atoms with Crippen LogP contribution in [0.4, 0.5) is 0 Å². The van der Waals surface area contributed by atoms with Crippen molar-refractivity contribution in [1.29, 1.82) is 0 Å². The maximum Gasteiger partial charge on any atom is 0.215 e. The molecule has 0 fully saturated rings. The lowest BCUT2D eigenvalue weighted by atomic mass is 9.85. The van der Waals surface area contributed by atoms with Crippen LogP contribution in [-0.4, -0.2) is 40.5 Å². The molecule has 0 aliphatic heterocycles. The largest absolute Gasteiger partial charge is 0.306 e. The molecule has 0 amide bonds. The van der Waals surface area contributed by atoms with Crippen LogP contribution in [0.3, 0.4) is 0 Å². The van der Waals surface area contributed by atoms with E-state index in [1.807, 2.05) is 12.1 Å². The van der Waals surface area contributed by atoms with Crippen molar-refractivity contribution in [2.24, 2.45) is 0 Å². The third-order valence-electron chi connectivity index (χ3n) is 3.94. The summed E-state index contributed by atoms with van der Waals surface area (Å²) < 4.78 is 25.9. The van der Waals surface area contributed by atoms with E-state index in [0.717, 1.165) is 24.8 Å². The van der Waals surface area contributed by atoms with E-state index in [-0.39, 0.29) is 5.75 Å². The number of hydrogen-bond acceptors (Lipinski definition) is 3. The van der Waals surface area contributed by atoms with Crippen molar-refractivity contribution in [3.05, 3.63) is 34.9 Å². The Morgan fingerprint density at radius 2 is 2.11 bits per heavy atom. The summed E-state index contributed by atoms with van der Waals surface area (Å²) in [6.07, 6.45) is 3.12. The number of aryl methyl sites for hydroxylation is 1. The molecule has 0 bridgehead atoms. The summed E-state index contributed by atoms with van der Waals surface area (Å²) in [6.45, 7) is 0. The van der Waals surface area contributed by atoms with Crippen LogP contribution in [0.25, 0.3) is 0 Å². The smallest absolute Gasteiger partial charge is 0.215 e. The minimum Gasteiger partial charge on any atom is -0.306 e. The lowest BCUT2D eigenvalue weighted by Gasteiger charge is -2.31. The highest BCUT2D eigenvalue weighted by molar-refractivity contribution is 7.88. The highest BCUT2D eigenvalue weighted by atomic mass is 32.2. The molecule has 1 atom stereocenters. The van der Waals surface area contributed by atoms with E-state index in [2.05, 4.69) is 29.8 Å². The molecule has 0 saturated heterocycles. The molecule has 0 aromatic heterocycles. The molecule has 0 heterocycles. The van der Waals surface area contributed by atoms with E-state index in [4.69, 9.17) is 0 Å². The Labute approximate surface area is 115 Å². The Bertz CT molecular complexity index is 553. The highest BCUT2D eigenvalue weighted by Crippen LogP contribution is 2.27. The first-order valence-corrected chi connectivity index (χ1v) is 8.25. The van der Waals surface area contributed by atoms with E-state index in [9.17, 15) is 8.42 Å². The first kappa shape index (κ1) is 14.5. The molecule has 1 aromatic rings. The molecule has 4 nitrogen and oxygen atoms in total. The second-order valence-corrected chi connectivity index (χ2v) is 7.30. The first-order valence-electron chi connectivity index (χ1n) is 6.60. The molecule has 19 heavy (non-hydrogen) atoms. The molecule has 106 valence electrons. The van der Waals surface area contributed by atoms with Gasteiger partial charge in [0.15, 0.2) is 0 Å². The Balaban J connectivity index is 2.32. The van der Waals surface area contributed by atoms with Crippen LogP contribution in [0.2, 0.25) is 0 Å². The summed E-state index contributed by atoms with van der Waals surface area (Å²) in [4.78, 5) is 2.23. The van der Waals surface area contributed by atoms with Crippen LogP contribution in [0.1, 0.15) is 23.1 Å². The molecular weight excluding hydrogens is 260 g/mol. The van der Waals surface area contributed by atoms with Gasteiger partial charge in [-0.25, -0.2) is 13.1 Å². The maximum atomic E-state index is 11.7. The van der Waals surface area contributed by atoms with Gasteiger partial charge < -0.3 is 4.90 Å². The third-order valence-corrected chi connectivity index (χ3v) is 5.26. The number of benzene rings is 1. The van der Waals surface area contributed by atoms with Gasteiger partial charge in [0.25, 0.3) is 0 Å². The average molecular weight is 282 g/mol. The maximum absolute atomic E-state index is 11.7. The van der Waals surface area contributed by atoms with Crippen LogP contribution in [-0.2, 0) is 28.6 Å². The summed E-state index contributed by atoms with van der Waals surface area (Å²) in [7, 11) is 2.43. The molecule has 1 unspecified atom stereocenters. The zero-order chi connectivity index (χ0) is 14.0. The lowest BCUT2D eigenvalue weighted by molar-refractivity contribution is 0.267. The molecule has 1 aromatic carbocycles. The molecule has 5 heteroatoms. The van der Waals surface area contributed by atoms with Crippen molar-refractivity contribution < 1.29 is 8.42 Å². The van der Waals surface area contributed by atoms with Crippen molar-refractivity contribution >= 4 is 10.0 Å². The highest BCUT2D eigenvalue weighted by Gasteiger charge is 2.23. The second kappa shape index (κ2) is 5.61. The number of nitrogens with one attached hydrogen (secondary N) is 1. The van der Waals surface area contributed by atoms with Gasteiger partial charge in [0, 0.05) is 6.04 Å². The van der Waals surface area contributed by atoms with Crippen LogP contribution in [0, 0.1) is 0 Å². The normalized spacial score (nSPS) is 19.5.